The number of thiazole rings is 1. The van der Waals surface area contributed by atoms with E-state index in [-0.39, 0.29) is 11.8 Å². The van der Waals surface area contributed by atoms with E-state index in [1.807, 2.05) is 0 Å². The molecular weight excluding hydrogens is 228 g/mol. The number of carbonyl (C=O) groups excluding carboxylic acids is 1. The highest BCUT2D eigenvalue weighted by molar-refractivity contribution is 7.13. The molecule has 6 heteroatoms. The number of carboxylic acids is 1. The molecule has 1 saturated carbocycles. The van der Waals surface area contributed by atoms with Gasteiger partial charge in [0.15, 0.2) is 0 Å². The smallest absolute Gasteiger partial charge is 0.326 e. The van der Waals surface area contributed by atoms with E-state index in [1.54, 1.807) is 6.92 Å². The Bertz CT molecular complexity index is 425. The van der Waals surface area contributed by atoms with Gasteiger partial charge >= 0.3 is 5.97 Å². The summed E-state index contributed by atoms with van der Waals surface area (Å²) in [6.07, 6.45) is 3.22. The molecule has 1 aliphatic carbocycles. The monoisotopic (exact) mass is 240 g/mol. The number of rotatable bonds is 4. The highest BCUT2D eigenvalue weighted by Gasteiger charge is 2.37. The Morgan fingerprint density at radius 2 is 2.31 bits per heavy atom. The molecule has 1 heterocycles. The lowest BCUT2D eigenvalue weighted by Gasteiger charge is -2.12. The lowest BCUT2D eigenvalue weighted by atomic mass is 10.2. The maximum atomic E-state index is 11.7. The van der Waals surface area contributed by atoms with Gasteiger partial charge in [0.1, 0.15) is 10.9 Å². The largest absolute Gasteiger partial charge is 0.480 e. The van der Waals surface area contributed by atoms with Crippen molar-refractivity contribution in [1.29, 1.82) is 0 Å². The Labute approximate surface area is 96.5 Å². The molecule has 0 spiro atoms. The van der Waals surface area contributed by atoms with Crippen LogP contribution in [0.25, 0.3) is 0 Å². The number of carboxylic acid groups (broad SMARTS) is 1. The first-order chi connectivity index (χ1) is 7.58. The molecule has 0 aromatic carbocycles. The fraction of sp³-hybridized carbons (Fsp3) is 0.500. The minimum Gasteiger partial charge on any atom is -0.480 e. The van der Waals surface area contributed by atoms with Gasteiger partial charge in [-0.05, 0) is 25.7 Å². The maximum Gasteiger partial charge on any atom is 0.326 e. The van der Waals surface area contributed by atoms with E-state index in [4.69, 9.17) is 5.11 Å². The molecule has 86 valence electrons. The molecule has 0 aliphatic heterocycles. The Morgan fingerprint density at radius 3 is 2.75 bits per heavy atom. The summed E-state index contributed by atoms with van der Waals surface area (Å²) >= 11 is 1.27. The summed E-state index contributed by atoms with van der Waals surface area (Å²) in [6, 6.07) is -0.755. The number of nitrogens with zero attached hydrogens (tertiary/aromatic N) is 1. The molecule has 1 aliphatic rings. The van der Waals surface area contributed by atoms with E-state index in [9.17, 15) is 9.59 Å². The second kappa shape index (κ2) is 4.21. The topological polar surface area (TPSA) is 79.3 Å². The van der Waals surface area contributed by atoms with Crippen LogP contribution < -0.4 is 5.32 Å². The van der Waals surface area contributed by atoms with Crippen LogP contribution in [0.15, 0.2) is 6.20 Å². The van der Waals surface area contributed by atoms with Crippen LogP contribution in [-0.4, -0.2) is 28.0 Å². The molecule has 16 heavy (non-hydrogen) atoms. The summed E-state index contributed by atoms with van der Waals surface area (Å²) in [5.74, 6) is -1.21. The molecule has 0 radical (unpaired) electrons. The van der Waals surface area contributed by atoms with Crippen molar-refractivity contribution in [2.45, 2.75) is 25.8 Å². The molecule has 1 atom stereocenters. The Hall–Kier alpha value is -1.43. The zero-order valence-corrected chi connectivity index (χ0v) is 9.58. The third kappa shape index (κ3) is 2.38. The van der Waals surface area contributed by atoms with Crippen molar-refractivity contribution in [2.24, 2.45) is 5.92 Å². The number of carbonyl (C=O) groups is 2. The molecule has 0 bridgehead atoms. The number of amides is 1. The van der Waals surface area contributed by atoms with Crippen LogP contribution in [0.1, 0.15) is 27.5 Å². The number of aryl methyl sites for hydroxylation is 1. The van der Waals surface area contributed by atoms with E-state index in [1.165, 1.54) is 17.5 Å². The number of hydrogen-bond acceptors (Lipinski definition) is 4. The van der Waals surface area contributed by atoms with Gasteiger partial charge in [-0.2, -0.15) is 0 Å². The second-order valence-electron chi connectivity index (χ2n) is 3.87. The zero-order chi connectivity index (χ0) is 11.7. The molecule has 2 rings (SSSR count). The number of nitrogens with one attached hydrogen (secondary N) is 1. The third-order valence-corrected chi connectivity index (χ3v) is 3.40. The third-order valence-electron chi connectivity index (χ3n) is 2.49. The standard InChI is InChI=1S/C10H12N2O3S/c1-5-11-4-7(16-5)9(13)12-8(10(14)15)6-2-3-6/h4,6,8H,2-3H2,1H3,(H,12,13)(H,14,15). The zero-order valence-electron chi connectivity index (χ0n) is 8.77. The van der Waals surface area contributed by atoms with E-state index in [0.29, 0.717) is 4.88 Å². The highest BCUT2D eigenvalue weighted by Crippen LogP contribution is 2.33. The first-order valence-corrected chi connectivity index (χ1v) is 5.85. The van der Waals surface area contributed by atoms with Crippen molar-refractivity contribution in [3.63, 3.8) is 0 Å². The molecule has 1 aromatic heterocycles. The van der Waals surface area contributed by atoms with Gasteiger partial charge < -0.3 is 10.4 Å². The molecule has 1 amide bonds. The predicted octanol–water partition coefficient (Wildman–Crippen LogP) is 1.04. The van der Waals surface area contributed by atoms with Crippen LogP contribution >= 0.6 is 11.3 Å². The van der Waals surface area contributed by atoms with Crippen LogP contribution in [0, 0.1) is 12.8 Å². The lowest BCUT2D eigenvalue weighted by Crippen LogP contribution is -2.42. The van der Waals surface area contributed by atoms with E-state index >= 15 is 0 Å². The summed E-state index contributed by atoms with van der Waals surface area (Å²) in [7, 11) is 0. The lowest BCUT2D eigenvalue weighted by molar-refractivity contribution is -0.139. The van der Waals surface area contributed by atoms with Crippen LogP contribution in [0.4, 0.5) is 0 Å². The van der Waals surface area contributed by atoms with Crippen LogP contribution in [0.3, 0.4) is 0 Å². The minimum atomic E-state index is -0.961. The van der Waals surface area contributed by atoms with Gasteiger partial charge in [0, 0.05) is 0 Å². The summed E-state index contributed by atoms with van der Waals surface area (Å²) in [6.45, 7) is 1.80. The van der Waals surface area contributed by atoms with Gasteiger partial charge in [-0.25, -0.2) is 9.78 Å². The van der Waals surface area contributed by atoms with Crippen molar-refractivity contribution in [1.82, 2.24) is 10.3 Å². The fourth-order valence-electron chi connectivity index (χ4n) is 1.49. The first-order valence-electron chi connectivity index (χ1n) is 5.04. The van der Waals surface area contributed by atoms with Gasteiger partial charge in [-0.15, -0.1) is 11.3 Å². The minimum absolute atomic E-state index is 0.0930. The van der Waals surface area contributed by atoms with E-state index in [0.717, 1.165) is 17.8 Å². The second-order valence-corrected chi connectivity index (χ2v) is 5.11. The Morgan fingerprint density at radius 1 is 1.62 bits per heavy atom. The molecule has 0 saturated heterocycles. The Kier molecular flexibility index (Phi) is 2.91. The predicted molar refractivity (Wildman–Crippen MR) is 58.5 cm³/mol. The van der Waals surface area contributed by atoms with Crippen molar-refractivity contribution in [3.8, 4) is 0 Å². The summed E-state index contributed by atoms with van der Waals surface area (Å²) in [5, 5.41) is 12.3. The van der Waals surface area contributed by atoms with Crippen LogP contribution in [-0.2, 0) is 4.79 Å². The molecule has 5 nitrogen and oxygen atoms in total. The number of hydrogen-bond donors (Lipinski definition) is 2. The summed E-state index contributed by atoms with van der Waals surface area (Å²) < 4.78 is 0. The first kappa shape index (κ1) is 11.1. The fourth-order valence-corrected chi connectivity index (χ4v) is 2.17. The van der Waals surface area contributed by atoms with Gasteiger partial charge in [0.25, 0.3) is 5.91 Å². The maximum absolute atomic E-state index is 11.7. The quantitative estimate of drug-likeness (QED) is 0.824. The van der Waals surface area contributed by atoms with Gasteiger partial charge in [0.2, 0.25) is 0 Å². The van der Waals surface area contributed by atoms with Crippen molar-refractivity contribution in [3.05, 3.63) is 16.1 Å². The molecule has 1 unspecified atom stereocenters. The van der Waals surface area contributed by atoms with Crippen LogP contribution in [0.5, 0.6) is 0 Å². The van der Waals surface area contributed by atoms with E-state index < -0.39 is 12.0 Å². The van der Waals surface area contributed by atoms with Crippen molar-refractivity contribution in [2.75, 3.05) is 0 Å². The molecule has 1 fully saturated rings. The van der Waals surface area contributed by atoms with Gasteiger partial charge in [0.05, 0.1) is 11.2 Å². The average Bonchev–Trinajstić information content (AvgIpc) is 2.96. The highest BCUT2D eigenvalue weighted by atomic mass is 32.1. The molecule has 2 N–H and O–H groups in total. The Balaban J connectivity index is 2.02. The van der Waals surface area contributed by atoms with E-state index in [2.05, 4.69) is 10.3 Å². The SMILES string of the molecule is Cc1ncc(C(=O)NC(C(=O)O)C2CC2)s1. The summed E-state index contributed by atoms with van der Waals surface area (Å²) in [4.78, 5) is 27.1. The summed E-state index contributed by atoms with van der Waals surface area (Å²) in [5.41, 5.74) is 0. The molecular formula is C10H12N2O3S. The number of aliphatic carboxylic acids is 1. The average molecular weight is 240 g/mol. The van der Waals surface area contributed by atoms with Gasteiger partial charge in [-0.3, -0.25) is 4.79 Å². The van der Waals surface area contributed by atoms with Crippen molar-refractivity contribution < 1.29 is 14.7 Å². The van der Waals surface area contributed by atoms with Gasteiger partial charge in [-0.1, -0.05) is 0 Å². The molecule has 1 aromatic rings. The number of aromatic nitrogens is 1. The van der Waals surface area contributed by atoms with Crippen LogP contribution in [0.2, 0.25) is 0 Å². The van der Waals surface area contributed by atoms with Crippen molar-refractivity contribution >= 4 is 23.2 Å². The normalized spacial score (nSPS) is 16.8.